The Hall–Kier alpha value is -0.120. The first-order valence-corrected chi connectivity index (χ1v) is 7.20. The van der Waals surface area contributed by atoms with Crippen molar-refractivity contribution in [3.8, 4) is 0 Å². The second-order valence-electron chi connectivity index (χ2n) is 6.11. The van der Waals surface area contributed by atoms with Crippen LogP contribution in [0, 0.1) is 5.41 Å². The third-order valence-corrected chi connectivity index (χ3v) is 4.20. The zero-order valence-electron chi connectivity index (χ0n) is 11.7. The zero-order chi connectivity index (χ0) is 12.3. The first-order valence-electron chi connectivity index (χ1n) is 7.20. The normalized spacial score (nSPS) is 29.5. The van der Waals surface area contributed by atoms with Gasteiger partial charge in [0, 0.05) is 37.2 Å². The van der Waals surface area contributed by atoms with Crippen LogP contribution >= 0.6 is 0 Å². The molecule has 0 amide bonds. The molecule has 100 valence electrons. The Morgan fingerprint density at radius 1 is 1.41 bits per heavy atom. The molecule has 17 heavy (non-hydrogen) atoms. The van der Waals surface area contributed by atoms with Crippen molar-refractivity contribution in [2.75, 3.05) is 32.8 Å². The molecule has 2 rings (SSSR count). The first-order chi connectivity index (χ1) is 8.15. The van der Waals surface area contributed by atoms with Gasteiger partial charge in [-0.1, -0.05) is 6.92 Å². The van der Waals surface area contributed by atoms with Gasteiger partial charge in [0.25, 0.3) is 0 Å². The number of nitrogens with zero attached hydrogens (tertiary/aromatic N) is 1. The Bertz CT molecular complexity index is 232. The second kappa shape index (κ2) is 5.68. The van der Waals surface area contributed by atoms with Crippen molar-refractivity contribution in [2.24, 2.45) is 5.41 Å². The van der Waals surface area contributed by atoms with Crippen LogP contribution in [0.3, 0.4) is 0 Å². The quantitative estimate of drug-likeness (QED) is 0.735. The number of hydrogen-bond acceptors (Lipinski definition) is 3. The lowest BCUT2D eigenvalue weighted by atomic mass is 9.86. The molecule has 2 aliphatic rings. The molecule has 1 atom stereocenters. The fraction of sp³-hybridized carbons (Fsp3) is 1.00. The van der Waals surface area contributed by atoms with Crippen molar-refractivity contribution in [2.45, 2.75) is 52.1 Å². The first kappa shape index (κ1) is 13.3. The molecule has 3 nitrogen and oxygen atoms in total. The second-order valence-corrected chi connectivity index (χ2v) is 6.11. The van der Waals surface area contributed by atoms with Gasteiger partial charge in [0.05, 0.1) is 6.61 Å². The van der Waals surface area contributed by atoms with Crippen molar-refractivity contribution in [3.63, 3.8) is 0 Å². The summed E-state index contributed by atoms with van der Waals surface area (Å²) in [4.78, 5) is 2.57. The molecule has 0 bridgehead atoms. The molecule has 1 N–H and O–H groups in total. The van der Waals surface area contributed by atoms with Crippen LogP contribution in [-0.4, -0.2) is 49.8 Å². The predicted octanol–water partition coefficient (Wildman–Crippen LogP) is 1.88. The Labute approximate surface area is 106 Å². The van der Waals surface area contributed by atoms with Crippen LogP contribution in [0.15, 0.2) is 0 Å². The van der Waals surface area contributed by atoms with E-state index in [9.17, 15) is 0 Å². The summed E-state index contributed by atoms with van der Waals surface area (Å²) in [5.74, 6) is 0. The summed E-state index contributed by atoms with van der Waals surface area (Å²) in [5.41, 5.74) is 0.364. The van der Waals surface area contributed by atoms with Gasteiger partial charge in [-0.15, -0.1) is 0 Å². The summed E-state index contributed by atoms with van der Waals surface area (Å²) in [5, 5.41) is 3.70. The Morgan fingerprint density at radius 3 is 2.65 bits per heavy atom. The molecule has 1 aliphatic heterocycles. The molecule has 1 saturated heterocycles. The lowest BCUT2D eigenvalue weighted by molar-refractivity contribution is 0.0958. The van der Waals surface area contributed by atoms with E-state index in [1.165, 1.54) is 25.8 Å². The highest BCUT2D eigenvalue weighted by molar-refractivity contribution is 4.92. The standard InChI is InChI=1S/C14H28N2O/c1-4-16(12(2)3)10-14(7-8-17-11-14)9-15-13-5-6-13/h12-13,15H,4-11H2,1-3H3. The fourth-order valence-corrected chi connectivity index (χ4v) is 2.71. The molecule has 0 aromatic rings. The van der Waals surface area contributed by atoms with Crippen LogP contribution in [-0.2, 0) is 4.74 Å². The van der Waals surface area contributed by atoms with Crippen LogP contribution in [0.1, 0.15) is 40.0 Å². The minimum Gasteiger partial charge on any atom is -0.381 e. The minimum absolute atomic E-state index is 0.364. The van der Waals surface area contributed by atoms with E-state index in [4.69, 9.17) is 4.74 Å². The molecule has 1 heterocycles. The molecule has 2 fully saturated rings. The summed E-state index contributed by atoms with van der Waals surface area (Å²) < 4.78 is 5.67. The van der Waals surface area contributed by atoms with Gasteiger partial charge in [0.1, 0.15) is 0 Å². The highest BCUT2D eigenvalue weighted by Crippen LogP contribution is 2.31. The summed E-state index contributed by atoms with van der Waals surface area (Å²) in [6, 6.07) is 1.44. The van der Waals surface area contributed by atoms with Gasteiger partial charge < -0.3 is 15.0 Å². The van der Waals surface area contributed by atoms with E-state index in [2.05, 4.69) is 31.0 Å². The van der Waals surface area contributed by atoms with Crippen LogP contribution in [0.4, 0.5) is 0 Å². The Balaban J connectivity index is 1.89. The molecular formula is C14H28N2O. The largest absolute Gasteiger partial charge is 0.381 e. The van der Waals surface area contributed by atoms with E-state index in [1.807, 2.05) is 0 Å². The van der Waals surface area contributed by atoms with Crippen LogP contribution in [0.5, 0.6) is 0 Å². The maximum absolute atomic E-state index is 5.67. The maximum atomic E-state index is 5.67. The van der Waals surface area contributed by atoms with Gasteiger partial charge >= 0.3 is 0 Å². The van der Waals surface area contributed by atoms with Crippen molar-refractivity contribution in [3.05, 3.63) is 0 Å². The molecule has 0 aromatic carbocycles. The number of nitrogens with one attached hydrogen (secondary N) is 1. The van der Waals surface area contributed by atoms with Gasteiger partial charge in [0.2, 0.25) is 0 Å². The lowest BCUT2D eigenvalue weighted by Gasteiger charge is -2.36. The van der Waals surface area contributed by atoms with Crippen LogP contribution in [0.2, 0.25) is 0 Å². The van der Waals surface area contributed by atoms with Crippen molar-refractivity contribution in [1.82, 2.24) is 10.2 Å². The van der Waals surface area contributed by atoms with E-state index in [0.29, 0.717) is 11.5 Å². The van der Waals surface area contributed by atoms with Crippen molar-refractivity contribution in [1.29, 1.82) is 0 Å². The highest BCUT2D eigenvalue weighted by atomic mass is 16.5. The number of hydrogen-bond donors (Lipinski definition) is 1. The topological polar surface area (TPSA) is 24.5 Å². The van der Waals surface area contributed by atoms with Gasteiger partial charge in [-0.2, -0.15) is 0 Å². The van der Waals surface area contributed by atoms with Gasteiger partial charge in [-0.05, 0) is 39.7 Å². The van der Waals surface area contributed by atoms with Crippen molar-refractivity contribution >= 4 is 0 Å². The molecule has 0 radical (unpaired) electrons. The molecule has 1 unspecified atom stereocenters. The molecule has 0 aromatic heterocycles. The fourth-order valence-electron chi connectivity index (χ4n) is 2.71. The molecule has 3 heteroatoms. The predicted molar refractivity (Wildman–Crippen MR) is 71.3 cm³/mol. The van der Waals surface area contributed by atoms with Gasteiger partial charge in [-0.25, -0.2) is 0 Å². The van der Waals surface area contributed by atoms with E-state index in [0.717, 1.165) is 32.3 Å². The smallest absolute Gasteiger partial charge is 0.0547 e. The molecule has 0 spiro atoms. The average Bonchev–Trinajstić information content (AvgIpc) is 3.03. The molecule has 1 aliphatic carbocycles. The highest BCUT2D eigenvalue weighted by Gasteiger charge is 2.38. The zero-order valence-corrected chi connectivity index (χ0v) is 11.7. The third-order valence-electron chi connectivity index (χ3n) is 4.20. The third kappa shape index (κ3) is 3.67. The van der Waals surface area contributed by atoms with Crippen LogP contribution < -0.4 is 5.32 Å². The number of ether oxygens (including phenoxy) is 1. The lowest BCUT2D eigenvalue weighted by Crippen LogP contribution is -2.47. The average molecular weight is 240 g/mol. The summed E-state index contributed by atoms with van der Waals surface area (Å²) in [7, 11) is 0. The number of rotatable bonds is 7. The minimum atomic E-state index is 0.364. The van der Waals surface area contributed by atoms with E-state index in [-0.39, 0.29) is 0 Å². The van der Waals surface area contributed by atoms with E-state index < -0.39 is 0 Å². The monoisotopic (exact) mass is 240 g/mol. The van der Waals surface area contributed by atoms with E-state index >= 15 is 0 Å². The summed E-state index contributed by atoms with van der Waals surface area (Å²) in [6.45, 7) is 12.2. The van der Waals surface area contributed by atoms with E-state index in [1.54, 1.807) is 0 Å². The summed E-state index contributed by atoms with van der Waals surface area (Å²) >= 11 is 0. The Morgan fingerprint density at radius 2 is 2.18 bits per heavy atom. The molecular weight excluding hydrogens is 212 g/mol. The van der Waals surface area contributed by atoms with Gasteiger partial charge in [0.15, 0.2) is 0 Å². The SMILES string of the molecule is CCN(CC1(CNC2CC2)CCOC1)C(C)C. The van der Waals surface area contributed by atoms with Gasteiger partial charge in [-0.3, -0.25) is 0 Å². The Kier molecular flexibility index (Phi) is 4.45. The maximum Gasteiger partial charge on any atom is 0.0547 e. The van der Waals surface area contributed by atoms with Crippen LogP contribution in [0.25, 0.3) is 0 Å². The summed E-state index contributed by atoms with van der Waals surface area (Å²) in [6.07, 6.45) is 3.97. The van der Waals surface area contributed by atoms with Crippen molar-refractivity contribution < 1.29 is 4.74 Å². The molecule has 1 saturated carbocycles.